The Balaban J connectivity index is 2.32. The van der Waals surface area contributed by atoms with Gasteiger partial charge >= 0.3 is 0 Å². The van der Waals surface area contributed by atoms with E-state index in [0.29, 0.717) is 0 Å². The van der Waals surface area contributed by atoms with E-state index in [0.717, 1.165) is 12.5 Å². The molecule has 2 aliphatic heterocycles. The van der Waals surface area contributed by atoms with E-state index in [1.54, 1.807) is 0 Å². The number of hydrogen-bond acceptors (Lipinski definition) is 3. The van der Waals surface area contributed by atoms with Crippen molar-refractivity contribution >= 4 is 5.84 Å². The first-order valence-corrected chi connectivity index (χ1v) is 3.30. The first kappa shape index (κ1) is 5.53. The Kier molecular flexibility index (Phi) is 1.03. The number of amidine groups is 1. The number of hydrazone groups is 1. The van der Waals surface area contributed by atoms with Gasteiger partial charge in [-0.3, -0.25) is 5.43 Å². The summed E-state index contributed by atoms with van der Waals surface area (Å²) in [5.74, 6) is 1.01. The number of allylic oxidation sites excluding steroid dienone is 2. The van der Waals surface area contributed by atoms with Crippen LogP contribution in [0.25, 0.3) is 0 Å². The van der Waals surface area contributed by atoms with E-state index in [2.05, 4.69) is 34.6 Å². The minimum absolute atomic E-state index is 0.803. The molecule has 0 radical (unpaired) electrons. The maximum Gasteiger partial charge on any atom is 0.153 e. The van der Waals surface area contributed by atoms with Crippen LogP contribution in [0, 0.1) is 0 Å². The third-order valence-electron chi connectivity index (χ3n) is 1.58. The molecule has 0 aromatic carbocycles. The van der Waals surface area contributed by atoms with Gasteiger partial charge in [-0.2, -0.15) is 5.10 Å². The number of nitrogens with zero attached hydrogens (tertiary/aromatic N) is 2. The highest BCUT2D eigenvalue weighted by atomic mass is 15.5. The van der Waals surface area contributed by atoms with Crippen LogP contribution in [0.3, 0.4) is 0 Å². The molecule has 0 atom stereocenters. The molecule has 0 unspecified atom stereocenters. The average molecular weight is 135 g/mol. The van der Waals surface area contributed by atoms with Gasteiger partial charge in [-0.15, -0.1) is 0 Å². The Morgan fingerprint density at radius 1 is 1.60 bits per heavy atom. The van der Waals surface area contributed by atoms with Crippen LogP contribution < -0.4 is 5.43 Å². The molecule has 0 saturated carbocycles. The summed E-state index contributed by atoms with van der Waals surface area (Å²) in [6.45, 7) is 2.88. The van der Waals surface area contributed by atoms with E-state index >= 15 is 0 Å². The zero-order valence-electron chi connectivity index (χ0n) is 5.83. The molecule has 0 aliphatic carbocycles. The van der Waals surface area contributed by atoms with Gasteiger partial charge in [0.2, 0.25) is 0 Å². The van der Waals surface area contributed by atoms with Gasteiger partial charge in [0.1, 0.15) is 6.67 Å². The molecule has 3 heteroatoms. The molecule has 0 aromatic heterocycles. The highest BCUT2D eigenvalue weighted by molar-refractivity contribution is 5.95. The lowest BCUT2D eigenvalue weighted by atomic mass is 10.2. The summed E-state index contributed by atoms with van der Waals surface area (Å²) in [4.78, 5) is 2.08. The minimum Gasteiger partial charge on any atom is -0.312 e. The fourth-order valence-corrected chi connectivity index (χ4v) is 1.08. The van der Waals surface area contributed by atoms with Gasteiger partial charge in [-0.25, -0.2) is 0 Å². The Labute approximate surface area is 59.7 Å². The van der Waals surface area contributed by atoms with Crippen LogP contribution in [-0.2, 0) is 0 Å². The quantitative estimate of drug-likeness (QED) is 0.527. The predicted octanol–water partition coefficient (Wildman–Crippen LogP) is 0.636. The van der Waals surface area contributed by atoms with Gasteiger partial charge in [0, 0.05) is 6.20 Å². The van der Waals surface area contributed by atoms with Crippen molar-refractivity contribution in [2.24, 2.45) is 5.10 Å². The van der Waals surface area contributed by atoms with E-state index in [9.17, 15) is 0 Å². The fraction of sp³-hybridized carbons (Fsp3) is 0.286. The second-order valence-electron chi connectivity index (χ2n) is 2.46. The standard InChI is InChI=1S/C7H9N3/c1-6-2-3-7-9-8-5-10(7)4-6/h2-4,8H,5H2,1H3. The first-order chi connectivity index (χ1) is 4.86. The highest BCUT2D eigenvalue weighted by Gasteiger charge is 2.13. The Bertz CT molecular complexity index is 237. The maximum absolute atomic E-state index is 4.05. The summed E-state index contributed by atoms with van der Waals surface area (Å²) in [5.41, 5.74) is 4.17. The lowest BCUT2D eigenvalue weighted by Gasteiger charge is -2.15. The van der Waals surface area contributed by atoms with Crippen LogP contribution in [0.4, 0.5) is 0 Å². The van der Waals surface area contributed by atoms with Gasteiger partial charge < -0.3 is 4.90 Å². The third kappa shape index (κ3) is 0.708. The fourth-order valence-electron chi connectivity index (χ4n) is 1.08. The Hall–Kier alpha value is -1.25. The second-order valence-corrected chi connectivity index (χ2v) is 2.46. The summed E-state index contributed by atoms with van der Waals surface area (Å²) < 4.78 is 0. The van der Waals surface area contributed by atoms with Crippen molar-refractivity contribution in [2.45, 2.75) is 6.92 Å². The zero-order chi connectivity index (χ0) is 6.97. The molecule has 0 bridgehead atoms. The number of fused-ring (bicyclic) bond motifs is 1. The summed E-state index contributed by atoms with van der Waals surface area (Å²) in [6, 6.07) is 0. The molecular weight excluding hydrogens is 126 g/mol. The van der Waals surface area contributed by atoms with Gasteiger partial charge in [0.25, 0.3) is 0 Å². The molecule has 2 aliphatic rings. The number of rotatable bonds is 0. The van der Waals surface area contributed by atoms with E-state index in [1.807, 2.05) is 6.08 Å². The molecule has 0 saturated heterocycles. The monoisotopic (exact) mass is 135 g/mol. The normalized spacial score (nSPS) is 21.5. The summed E-state index contributed by atoms with van der Waals surface area (Å²) in [5, 5.41) is 4.05. The lowest BCUT2D eigenvalue weighted by molar-refractivity contribution is 0.547. The maximum atomic E-state index is 4.05. The van der Waals surface area contributed by atoms with Gasteiger partial charge in [-0.1, -0.05) is 6.08 Å². The van der Waals surface area contributed by atoms with Crippen LogP contribution in [0.2, 0.25) is 0 Å². The van der Waals surface area contributed by atoms with E-state index in [-0.39, 0.29) is 0 Å². The summed E-state index contributed by atoms with van der Waals surface area (Å²) in [7, 11) is 0. The minimum atomic E-state index is 0.803. The molecule has 0 amide bonds. The van der Waals surface area contributed by atoms with Gasteiger partial charge in [0.05, 0.1) is 0 Å². The zero-order valence-corrected chi connectivity index (χ0v) is 5.83. The van der Waals surface area contributed by atoms with Crippen molar-refractivity contribution in [3.05, 3.63) is 23.9 Å². The smallest absolute Gasteiger partial charge is 0.153 e. The molecule has 2 heterocycles. The molecule has 52 valence electrons. The molecule has 3 nitrogen and oxygen atoms in total. The first-order valence-electron chi connectivity index (χ1n) is 3.30. The largest absolute Gasteiger partial charge is 0.312 e. The van der Waals surface area contributed by atoms with Gasteiger partial charge in [0.15, 0.2) is 5.84 Å². The third-order valence-corrected chi connectivity index (χ3v) is 1.58. The molecule has 0 fully saturated rings. The van der Waals surface area contributed by atoms with E-state index in [4.69, 9.17) is 0 Å². The average Bonchev–Trinajstić information content (AvgIpc) is 2.33. The molecule has 0 aromatic rings. The van der Waals surface area contributed by atoms with Crippen LogP contribution >= 0.6 is 0 Å². The van der Waals surface area contributed by atoms with E-state index < -0.39 is 0 Å². The van der Waals surface area contributed by atoms with Crippen molar-refractivity contribution in [3.63, 3.8) is 0 Å². The molecular formula is C7H9N3. The predicted molar refractivity (Wildman–Crippen MR) is 40.2 cm³/mol. The van der Waals surface area contributed by atoms with Crippen LogP contribution in [0.1, 0.15) is 6.92 Å². The van der Waals surface area contributed by atoms with Crippen LogP contribution in [0.15, 0.2) is 29.0 Å². The SMILES string of the molecule is CC1=CN2CNN=C2C=C1. The van der Waals surface area contributed by atoms with Crippen molar-refractivity contribution < 1.29 is 0 Å². The van der Waals surface area contributed by atoms with Crippen molar-refractivity contribution in [3.8, 4) is 0 Å². The number of hydrogen-bond donors (Lipinski definition) is 1. The lowest BCUT2D eigenvalue weighted by Crippen LogP contribution is -2.24. The van der Waals surface area contributed by atoms with Crippen molar-refractivity contribution in [2.75, 3.05) is 6.67 Å². The van der Waals surface area contributed by atoms with E-state index in [1.165, 1.54) is 5.57 Å². The summed E-state index contributed by atoms with van der Waals surface area (Å²) in [6.07, 6.45) is 6.15. The number of nitrogens with one attached hydrogen (secondary N) is 1. The van der Waals surface area contributed by atoms with Crippen molar-refractivity contribution in [1.29, 1.82) is 0 Å². The van der Waals surface area contributed by atoms with Crippen LogP contribution in [-0.4, -0.2) is 17.4 Å². The van der Waals surface area contributed by atoms with Crippen molar-refractivity contribution in [1.82, 2.24) is 10.3 Å². The summed E-state index contributed by atoms with van der Waals surface area (Å²) >= 11 is 0. The molecule has 10 heavy (non-hydrogen) atoms. The molecule has 0 spiro atoms. The van der Waals surface area contributed by atoms with Crippen LogP contribution in [0.5, 0.6) is 0 Å². The highest BCUT2D eigenvalue weighted by Crippen LogP contribution is 2.10. The van der Waals surface area contributed by atoms with Gasteiger partial charge in [-0.05, 0) is 18.6 Å². The molecule has 2 rings (SSSR count). The Morgan fingerprint density at radius 3 is 3.40 bits per heavy atom. The Morgan fingerprint density at radius 2 is 2.50 bits per heavy atom. The molecule has 1 N–H and O–H groups in total. The second kappa shape index (κ2) is 1.87. The topological polar surface area (TPSA) is 27.6 Å².